The molecule has 0 spiro atoms. The zero-order chi connectivity index (χ0) is 51.1. The highest BCUT2D eigenvalue weighted by Crippen LogP contribution is 2.36. The minimum Gasteiger partial charge on any atom is -0.497 e. The van der Waals surface area contributed by atoms with Gasteiger partial charge in [-0.25, -0.2) is 0 Å². The third-order valence-electron chi connectivity index (χ3n) is 12.8. The highest BCUT2D eigenvalue weighted by atomic mass is 16.7. The third kappa shape index (κ3) is 12.1. The van der Waals surface area contributed by atoms with Crippen LogP contribution in [0.4, 0.5) is 0 Å². The van der Waals surface area contributed by atoms with Crippen LogP contribution in [0.15, 0.2) is 66.7 Å². The number of carbonyl (C=O) groups excluding carboxylic acids is 6. The topological polar surface area (TPSA) is 303 Å². The average Bonchev–Trinajstić information content (AvgIpc) is 3.34. The molecule has 4 aliphatic heterocycles. The molecule has 4 aliphatic rings. The number of nitrogens with one attached hydrogen (secondary N) is 3. The number of rotatable bonds is 9. The normalized spacial score (nSPS) is 28.4. The first-order valence-electron chi connectivity index (χ1n) is 22.6. The van der Waals surface area contributed by atoms with Gasteiger partial charge in [0.2, 0.25) is 41.7 Å². The van der Waals surface area contributed by atoms with E-state index in [4.69, 9.17) is 18.9 Å². The standard InChI is InChI=1S/C48H60N6O16/c1-24-42(61)51-31(16-18-38(56)57)46(65)52(3)32(19-26-7-12-29(67-6)13-8-26)44(63)50-25(2)45(64)54(5)34-20-27-9-14-30(15-10-27)68-36-22-28(21-33(43(62)49-24)53(4)47(34)66)11-17-35(36)69-48-41(60)40(59)39(58)37(23-55)70-48/h7-15,17,22,24-25,31-34,37,39-41,48,55,58-60H,16,18-21,23H2,1-6H3,(H,49,62)(H,50,63)(H,51,61)(H,56,57)/t24-,25+,31-,32+,33+,34-,37+,39+,40-,41+,48+/m1/s1. The van der Waals surface area contributed by atoms with Crippen LogP contribution in [0.5, 0.6) is 23.0 Å². The second-order valence-corrected chi connectivity index (χ2v) is 17.7. The highest BCUT2D eigenvalue weighted by Gasteiger charge is 2.45. The maximum absolute atomic E-state index is 14.9. The van der Waals surface area contributed by atoms with Crippen LogP contribution in [0.2, 0.25) is 0 Å². The molecule has 6 bridgehead atoms. The minimum atomic E-state index is -1.76. The number of carboxylic acids is 1. The summed E-state index contributed by atoms with van der Waals surface area (Å²) in [6.45, 7) is 2.04. The minimum absolute atomic E-state index is 0.0223. The Morgan fingerprint density at radius 1 is 0.714 bits per heavy atom. The monoisotopic (exact) mass is 976 g/mol. The van der Waals surface area contributed by atoms with E-state index in [0.29, 0.717) is 22.4 Å². The summed E-state index contributed by atoms with van der Waals surface area (Å²) in [5, 5.41) is 58.7. The van der Waals surface area contributed by atoms with Crippen LogP contribution in [0.3, 0.4) is 0 Å². The number of fused-ring (bicyclic) bond motifs is 2. The van der Waals surface area contributed by atoms with E-state index in [0.717, 1.165) is 9.80 Å². The van der Waals surface area contributed by atoms with Crippen LogP contribution in [0.1, 0.15) is 43.4 Å². The summed E-state index contributed by atoms with van der Waals surface area (Å²) in [6.07, 6.45) is -9.39. The van der Waals surface area contributed by atoms with Crippen LogP contribution >= 0.6 is 0 Å². The van der Waals surface area contributed by atoms with Crippen molar-refractivity contribution in [3.05, 3.63) is 83.4 Å². The summed E-state index contributed by atoms with van der Waals surface area (Å²) in [7, 11) is 5.55. The van der Waals surface area contributed by atoms with E-state index in [1.165, 1.54) is 65.2 Å². The number of amides is 6. The Labute approximate surface area is 403 Å². The number of hydrogen-bond acceptors (Lipinski definition) is 15. The number of hydrogen-bond donors (Lipinski definition) is 8. The van der Waals surface area contributed by atoms with Gasteiger partial charge in [0.1, 0.15) is 72.2 Å². The maximum Gasteiger partial charge on any atom is 0.303 e. The van der Waals surface area contributed by atoms with Gasteiger partial charge in [-0.1, -0.05) is 30.3 Å². The van der Waals surface area contributed by atoms with Crippen LogP contribution in [0, 0.1) is 0 Å². The van der Waals surface area contributed by atoms with Gasteiger partial charge in [-0.15, -0.1) is 0 Å². The number of aliphatic carboxylic acids is 1. The van der Waals surface area contributed by atoms with Crippen molar-refractivity contribution in [1.29, 1.82) is 0 Å². The van der Waals surface area contributed by atoms with Crippen LogP contribution in [0.25, 0.3) is 0 Å². The molecule has 4 heterocycles. The number of aliphatic hydroxyl groups is 4. The number of nitrogens with zero attached hydrogens (tertiary/aromatic N) is 3. The summed E-state index contributed by atoms with van der Waals surface area (Å²) in [6, 6.07) is 9.43. The first-order chi connectivity index (χ1) is 33.2. The van der Waals surface area contributed by atoms with Crippen molar-refractivity contribution >= 4 is 41.4 Å². The Kier molecular flexibility index (Phi) is 17.0. The molecule has 0 aliphatic carbocycles. The molecule has 0 unspecified atom stereocenters. The molecule has 0 aromatic heterocycles. The summed E-state index contributed by atoms with van der Waals surface area (Å²) < 4.78 is 23.1. The molecule has 2 fully saturated rings. The lowest BCUT2D eigenvalue weighted by atomic mass is 9.98. The molecule has 3 aromatic carbocycles. The molecule has 70 heavy (non-hydrogen) atoms. The van der Waals surface area contributed by atoms with E-state index < -0.39 is 128 Å². The summed E-state index contributed by atoms with van der Waals surface area (Å²) >= 11 is 0. The number of likely N-dealkylation sites (N-methyl/N-ethyl adjacent to an activating group) is 3. The first kappa shape index (κ1) is 52.5. The second kappa shape index (κ2) is 22.7. The van der Waals surface area contributed by atoms with Crippen molar-refractivity contribution in [2.24, 2.45) is 0 Å². The molecular formula is C48H60N6O16. The molecule has 2 saturated heterocycles. The molecule has 8 N–H and O–H groups in total. The molecule has 3 aromatic rings. The molecule has 0 saturated carbocycles. The number of carbonyl (C=O) groups is 7. The number of methoxy groups -OCH3 is 1. The largest absolute Gasteiger partial charge is 0.497 e. The fourth-order valence-corrected chi connectivity index (χ4v) is 8.41. The SMILES string of the molecule is COc1ccc(C[C@H]2C(=O)N[C@@H](C)C(=O)N(C)[C@@H]3Cc4ccc(cc4)Oc4cc(ccc4O[C@H]4O[C@@H](CO)[C@H](O)[C@@H](O)[C@@H]4O)C[C@@H](C(=O)N[C@H](C)C(=O)N[C@H](CCC(=O)O)C(=O)N2C)N(C)C3=O)cc1. The lowest BCUT2D eigenvalue weighted by Gasteiger charge is -2.39. The summed E-state index contributed by atoms with van der Waals surface area (Å²) in [5.74, 6) is -5.18. The summed E-state index contributed by atoms with van der Waals surface area (Å²) in [4.78, 5) is 102. The molecule has 0 radical (unpaired) electrons. The lowest BCUT2D eigenvalue weighted by Crippen LogP contribution is -2.62. The molecule has 11 atom stereocenters. The van der Waals surface area contributed by atoms with Gasteiger partial charge < -0.3 is 75.1 Å². The van der Waals surface area contributed by atoms with E-state index in [2.05, 4.69) is 16.0 Å². The average molecular weight is 977 g/mol. The first-order valence-corrected chi connectivity index (χ1v) is 22.6. The number of carboxylic acid groups (broad SMARTS) is 1. The van der Waals surface area contributed by atoms with Gasteiger partial charge in [-0.05, 0) is 73.4 Å². The Hall–Kier alpha value is -6.85. The predicted molar refractivity (Wildman–Crippen MR) is 245 cm³/mol. The second-order valence-electron chi connectivity index (χ2n) is 17.7. The van der Waals surface area contributed by atoms with Gasteiger partial charge in [0, 0.05) is 46.8 Å². The van der Waals surface area contributed by atoms with Crippen molar-refractivity contribution in [3.8, 4) is 23.0 Å². The molecule has 6 amide bonds. The van der Waals surface area contributed by atoms with Gasteiger partial charge >= 0.3 is 5.97 Å². The number of ether oxygens (including phenoxy) is 4. The van der Waals surface area contributed by atoms with E-state index in [1.54, 1.807) is 48.5 Å². The van der Waals surface area contributed by atoms with E-state index in [1.807, 2.05) is 0 Å². The Morgan fingerprint density at radius 3 is 1.99 bits per heavy atom. The number of aliphatic hydroxyl groups excluding tert-OH is 4. The smallest absolute Gasteiger partial charge is 0.303 e. The van der Waals surface area contributed by atoms with Crippen molar-refractivity contribution in [2.75, 3.05) is 34.9 Å². The van der Waals surface area contributed by atoms with E-state index in [9.17, 15) is 59.1 Å². The molecule has 378 valence electrons. The van der Waals surface area contributed by atoms with E-state index in [-0.39, 0.29) is 36.5 Å². The number of benzene rings is 3. The predicted octanol–water partition coefficient (Wildman–Crippen LogP) is -1.14. The van der Waals surface area contributed by atoms with Gasteiger partial charge in [0.25, 0.3) is 0 Å². The summed E-state index contributed by atoms with van der Waals surface area (Å²) in [5.41, 5.74) is 1.51. The van der Waals surface area contributed by atoms with Gasteiger partial charge in [-0.3, -0.25) is 33.6 Å². The fraction of sp³-hybridized carbons (Fsp3) is 0.479. The van der Waals surface area contributed by atoms with Gasteiger partial charge in [0.05, 0.1) is 13.7 Å². The van der Waals surface area contributed by atoms with Crippen LogP contribution in [-0.4, -0.2) is 183 Å². The Bertz CT molecular complexity index is 2400. The zero-order valence-corrected chi connectivity index (χ0v) is 39.5. The van der Waals surface area contributed by atoms with Crippen molar-refractivity contribution in [2.45, 2.75) is 113 Å². The lowest BCUT2D eigenvalue weighted by molar-refractivity contribution is -0.277. The Balaban J connectivity index is 1.41. The van der Waals surface area contributed by atoms with E-state index >= 15 is 0 Å². The fourth-order valence-electron chi connectivity index (χ4n) is 8.41. The van der Waals surface area contributed by atoms with Crippen LogP contribution in [-0.2, 0) is 57.6 Å². The molecular weight excluding hydrogens is 917 g/mol. The van der Waals surface area contributed by atoms with Crippen molar-refractivity contribution in [3.63, 3.8) is 0 Å². The van der Waals surface area contributed by atoms with Gasteiger partial charge in [-0.2, -0.15) is 0 Å². The molecule has 7 rings (SSSR count). The zero-order valence-electron chi connectivity index (χ0n) is 39.5. The van der Waals surface area contributed by atoms with Crippen LogP contribution < -0.4 is 30.2 Å². The molecule has 22 nitrogen and oxygen atoms in total. The molecule has 22 heteroatoms. The van der Waals surface area contributed by atoms with Gasteiger partial charge in [0.15, 0.2) is 11.5 Å². The highest BCUT2D eigenvalue weighted by molar-refractivity contribution is 5.98. The van der Waals surface area contributed by atoms with Crippen molar-refractivity contribution < 1.29 is 78.0 Å². The maximum atomic E-state index is 14.9. The van der Waals surface area contributed by atoms with Crippen molar-refractivity contribution in [1.82, 2.24) is 30.7 Å². The Morgan fingerprint density at radius 2 is 1.34 bits per heavy atom. The third-order valence-corrected chi connectivity index (χ3v) is 12.8. The quantitative estimate of drug-likeness (QED) is 0.126.